The summed E-state index contributed by atoms with van der Waals surface area (Å²) < 4.78 is 2.55. The molecule has 2 atom stereocenters. The molecule has 0 amide bonds. The fraction of sp³-hybridized carbons (Fsp3) is 0.625. The molecule has 0 radical (unpaired) electrons. The molecular weight excluding hydrogens is 282 g/mol. The highest BCUT2D eigenvalue weighted by Gasteiger charge is 2.21. The van der Waals surface area contributed by atoms with E-state index < -0.39 is 0 Å². The van der Waals surface area contributed by atoms with Gasteiger partial charge in [0.1, 0.15) is 4.70 Å². The van der Waals surface area contributed by atoms with Gasteiger partial charge in [0.15, 0.2) is 0 Å². The lowest BCUT2D eigenvalue weighted by Gasteiger charge is -2.34. The average molecular weight is 305 g/mol. The molecule has 4 nitrogen and oxygen atoms in total. The highest BCUT2D eigenvalue weighted by atomic mass is 32.1. The maximum atomic E-state index is 12.5. The van der Waals surface area contributed by atoms with Crippen molar-refractivity contribution in [2.45, 2.75) is 33.7 Å². The Balaban J connectivity index is 1.73. The van der Waals surface area contributed by atoms with Crippen LogP contribution in [0.25, 0.3) is 10.2 Å². The summed E-state index contributed by atoms with van der Waals surface area (Å²) in [6.07, 6.45) is 3.03. The van der Waals surface area contributed by atoms with Crippen LogP contribution in [0.1, 0.15) is 25.8 Å². The van der Waals surface area contributed by atoms with Crippen molar-refractivity contribution < 1.29 is 0 Å². The minimum absolute atomic E-state index is 0.108. The molecule has 1 aliphatic rings. The molecule has 2 aromatic heterocycles. The smallest absolute Gasteiger partial charge is 0.271 e. The minimum atomic E-state index is 0.108. The minimum Gasteiger partial charge on any atom is -0.301 e. The van der Waals surface area contributed by atoms with Crippen LogP contribution in [0.5, 0.6) is 0 Å². The quantitative estimate of drug-likeness (QED) is 0.875. The molecule has 0 aliphatic carbocycles. The van der Waals surface area contributed by atoms with E-state index in [0.29, 0.717) is 0 Å². The van der Waals surface area contributed by atoms with Crippen LogP contribution >= 0.6 is 11.3 Å². The number of thiophene rings is 1. The first-order chi connectivity index (χ1) is 10.0. The van der Waals surface area contributed by atoms with E-state index in [2.05, 4.69) is 23.7 Å². The second-order valence-corrected chi connectivity index (χ2v) is 7.42. The standard InChI is InChI=1S/C16H23N3OS/c1-11-6-12(2)8-18(7-11)4-5-19-10-17-14-13(3)9-21-15(14)16(19)20/h9-12H,4-8H2,1-3H3/t11-,12+. The second kappa shape index (κ2) is 5.89. The Labute approximate surface area is 129 Å². The van der Waals surface area contributed by atoms with Crippen LogP contribution < -0.4 is 5.56 Å². The van der Waals surface area contributed by atoms with Gasteiger partial charge in [-0.25, -0.2) is 4.98 Å². The molecule has 0 aromatic carbocycles. The van der Waals surface area contributed by atoms with Crippen molar-refractivity contribution in [3.05, 3.63) is 27.6 Å². The molecule has 0 saturated carbocycles. The van der Waals surface area contributed by atoms with Gasteiger partial charge in [-0.2, -0.15) is 0 Å². The molecule has 3 rings (SSSR count). The number of aromatic nitrogens is 2. The lowest BCUT2D eigenvalue weighted by atomic mass is 9.92. The van der Waals surface area contributed by atoms with E-state index in [4.69, 9.17) is 0 Å². The van der Waals surface area contributed by atoms with E-state index in [0.717, 1.165) is 53.8 Å². The molecule has 1 fully saturated rings. The summed E-state index contributed by atoms with van der Waals surface area (Å²) in [5, 5.41) is 2.01. The van der Waals surface area contributed by atoms with Crippen LogP contribution in [0, 0.1) is 18.8 Å². The Hall–Kier alpha value is -1.20. The first-order valence-electron chi connectivity index (χ1n) is 7.70. The van der Waals surface area contributed by atoms with Crippen LogP contribution in [0.2, 0.25) is 0 Å². The van der Waals surface area contributed by atoms with Gasteiger partial charge in [-0.3, -0.25) is 9.36 Å². The van der Waals surface area contributed by atoms with Crippen LogP contribution in [-0.4, -0.2) is 34.1 Å². The van der Waals surface area contributed by atoms with Gasteiger partial charge < -0.3 is 4.90 Å². The van der Waals surface area contributed by atoms with E-state index >= 15 is 0 Å². The van der Waals surface area contributed by atoms with E-state index in [-0.39, 0.29) is 5.56 Å². The first kappa shape index (κ1) is 14.7. The Bertz CT molecular complexity index is 680. The number of hydrogen-bond donors (Lipinski definition) is 0. The number of likely N-dealkylation sites (tertiary alicyclic amines) is 1. The molecule has 1 aliphatic heterocycles. The lowest BCUT2D eigenvalue weighted by Crippen LogP contribution is -2.41. The van der Waals surface area contributed by atoms with E-state index in [1.807, 2.05) is 12.3 Å². The van der Waals surface area contributed by atoms with Gasteiger partial charge in [-0.1, -0.05) is 13.8 Å². The predicted octanol–water partition coefficient (Wildman–Crippen LogP) is 2.74. The van der Waals surface area contributed by atoms with Gasteiger partial charge >= 0.3 is 0 Å². The van der Waals surface area contributed by atoms with E-state index in [1.54, 1.807) is 10.9 Å². The van der Waals surface area contributed by atoms with Gasteiger partial charge in [0.25, 0.3) is 5.56 Å². The highest BCUT2D eigenvalue weighted by molar-refractivity contribution is 7.17. The van der Waals surface area contributed by atoms with Gasteiger partial charge in [0.05, 0.1) is 11.8 Å². The Morgan fingerprint density at radius 2 is 2.00 bits per heavy atom. The van der Waals surface area contributed by atoms with E-state index in [1.165, 1.54) is 17.8 Å². The van der Waals surface area contributed by atoms with Gasteiger partial charge in [0.2, 0.25) is 0 Å². The number of rotatable bonds is 3. The summed E-state index contributed by atoms with van der Waals surface area (Å²) in [5.74, 6) is 1.51. The fourth-order valence-electron chi connectivity index (χ4n) is 3.44. The predicted molar refractivity (Wildman–Crippen MR) is 88.0 cm³/mol. The Kier molecular flexibility index (Phi) is 4.13. The average Bonchev–Trinajstić information content (AvgIpc) is 2.79. The van der Waals surface area contributed by atoms with Crippen molar-refractivity contribution in [3.63, 3.8) is 0 Å². The van der Waals surface area contributed by atoms with Crippen molar-refractivity contribution >= 4 is 21.6 Å². The summed E-state index contributed by atoms with van der Waals surface area (Å²) in [6, 6.07) is 0. The van der Waals surface area contributed by atoms with Gasteiger partial charge in [-0.05, 0) is 36.1 Å². The SMILES string of the molecule is Cc1csc2c(=O)n(CCN3C[C@H](C)C[C@H](C)C3)cnc12. The topological polar surface area (TPSA) is 38.1 Å². The van der Waals surface area contributed by atoms with Crippen molar-refractivity contribution in [2.24, 2.45) is 11.8 Å². The van der Waals surface area contributed by atoms with Crippen molar-refractivity contribution in [3.8, 4) is 0 Å². The zero-order chi connectivity index (χ0) is 15.0. The Morgan fingerprint density at radius 3 is 2.71 bits per heavy atom. The molecule has 114 valence electrons. The van der Waals surface area contributed by atoms with Crippen molar-refractivity contribution in [2.75, 3.05) is 19.6 Å². The monoisotopic (exact) mass is 305 g/mol. The highest BCUT2D eigenvalue weighted by Crippen LogP contribution is 2.21. The molecule has 21 heavy (non-hydrogen) atoms. The molecule has 0 bridgehead atoms. The van der Waals surface area contributed by atoms with Crippen LogP contribution in [0.4, 0.5) is 0 Å². The van der Waals surface area contributed by atoms with Gasteiger partial charge in [0, 0.05) is 26.2 Å². The summed E-state index contributed by atoms with van der Waals surface area (Å²) in [6.45, 7) is 10.6. The number of nitrogens with zero attached hydrogens (tertiary/aromatic N) is 3. The van der Waals surface area contributed by atoms with Crippen LogP contribution in [0.15, 0.2) is 16.5 Å². The van der Waals surface area contributed by atoms with Crippen LogP contribution in [0.3, 0.4) is 0 Å². The molecule has 2 aromatic rings. The fourth-order valence-corrected chi connectivity index (χ4v) is 4.39. The molecule has 1 saturated heterocycles. The lowest BCUT2D eigenvalue weighted by molar-refractivity contribution is 0.136. The number of hydrogen-bond acceptors (Lipinski definition) is 4. The molecule has 0 spiro atoms. The largest absolute Gasteiger partial charge is 0.301 e. The second-order valence-electron chi connectivity index (χ2n) is 6.55. The normalized spacial score (nSPS) is 23.8. The molecule has 3 heterocycles. The maximum Gasteiger partial charge on any atom is 0.271 e. The summed E-state index contributed by atoms with van der Waals surface area (Å²) in [5.41, 5.74) is 2.07. The zero-order valence-corrected chi connectivity index (χ0v) is 13.8. The van der Waals surface area contributed by atoms with Gasteiger partial charge in [-0.15, -0.1) is 11.3 Å². The zero-order valence-electron chi connectivity index (χ0n) is 13.0. The third kappa shape index (κ3) is 3.04. The first-order valence-corrected chi connectivity index (χ1v) is 8.58. The molecule has 0 N–H and O–H groups in total. The van der Waals surface area contributed by atoms with Crippen molar-refractivity contribution in [1.82, 2.24) is 14.5 Å². The molecule has 5 heteroatoms. The summed E-state index contributed by atoms with van der Waals surface area (Å²) >= 11 is 1.51. The third-order valence-corrected chi connectivity index (χ3v) is 5.40. The molecule has 0 unspecified atom stereocenters. The maximum absolute atomic E-state index is 12.5. The molecular formula is C16H23N3OS. The van der Waals surface area contributed by atoms with Crippen molar-refractivity contribution in [1.29, 1.82) is 0 Å². The summed E-state index contributed by atoms with van der Waals surface area (Å²) in [4.78, 5) is 19.4. The third-order valence-electron chi connectivity index (χ3n) is 4.33. The number of piperidine rings is 1. The van der Waals surface area contributed by atoms with E-state index in [9.17, 15) is 4.79 Å². The van der Waals surface area contributed by atoms with Crippen LogP contribution in [-0.2, 0) is 6.54 Å². The summed E-state index contributed by atoms with van der Waals surface area (Å²) in [7, 11) is 0. The number of fused-ring (bicyclic) bond motifs is 1. The number of aryl methyl sites for hydroxylation is 1. The Morgan fingerprint density at radius 1 is 1.29 bits per heavy atom.